The van der Waals surface area contributed by atoms with Crippen molar-refractivity contribution in [2.24, 2.45) is 40.9 Å². The van der Waals surface area contributed by atoms with Crippen molar-refractivity contribution in [3.63, 3.8) is 0 Å². The average Bonchev–Trinajstić information content (AvgIpc) is 2.52. The maximum absolute atomic E-state index is 2.41. The van der Waals surface area contributed by atoms with Gasteiger partial charge in [-0.15, -0.1) is 0 Å². The summed E-state index contributed by atoms with van der Waals surface area (Å²) in [6.07, 6.45) is 4.59. The number of fused-ring (bicyclic) bond motifs is 1. The largest absolute Gasteiger partial charge is 0.0651 e. The molecule has 0 heteroatoms. The molecule has 0 heterocycles. The van der Waals surface area contributed by atoms with E-state index >= 15 is 0 Å². The van der Waals surface area contributed by atoms with Gasteiger partial charge in [-0.2, -0.15) is 0 Å². The predicted octanol–water partition coefficient (Wildman–Crippen LogP) is 2.93. The van der Waals surface area contributed by atoms with Crippen molar-refractivity contribution in [2.75, 3.05) is 0 Å². The molecule has 0 nitrogen and oxygen atoms in total. The summed E-state index contributed by atoms with van der Waals surface area (Å²) in [7, 11) is 0. The Labute approximate surface area is 74.7 Å². The highest BCUT2D eigenvalue weighted by molar-refractivity contribution is 5.41. The second-order valence-corrected chi connectivity index (χ2v) is 5.71. The summed E-state index contributed by atoms with van der Waals surface area (Å²) in [5.41, 5.74) is 1.01. The van der Waals surface area contributed by atoms with Gasteiger partial charge in [0, 0.05) is 0 Å². The van der Waals surface area contributed by atoms with Crippen molar-refractivity contribution < 1.29 is 0 Å². The Morgan fingerprint density at radius 1 is 1.08 bits per heavy atom. The summed E-state index contributed by atoms with van der Waals surface area (Å²) in [6, 6.07) is 0. The third-order valence-electron chi connectivity index (χ3n) is 6.04. The fourth-order valence-corrected chi connectivity index (χ4v) is 5.82. The SMILES string of the molecule is CCC1CC23C1C1C(CC)C2C13. The molecule has 4 aliphatic rings. The van der Waals surface area contributed by atoms with Crippen LogP contribution in [-0.2, 0) is 0 Å². The molecule has 0 aliphatic heterocycles. The second kappa shape index (κ2) is 1.51. The molecule has 0 aromatic carbocycles. The molecule has 0 amide bonds. The van der Waals surface area contributed by atoms with Gasteiger partial charge in [-0.1, -0.05) is 26.7 Å². The Morgan fingerprint density at radius 2 is 1.92 bits per heavy atom. The first-order valence-corrected chi connectivity index (χ1v) is 5.86. The lowest BCUT2D eigenvalue weighted by Gasteiger charge is -2.58. The molecule has 4 aliphatic carbocycles. The normalized spacial score (nSPS) is 74.5. The zero-order valence-corrected chi connectivity index (χ0v) is 8.09. The predicted molar refractivity (Wildman–Crippen MR) is 48.6 cm³/mol. The molecule has 4 fully saturated rings. The van der Waals surface area contributed by atoms with Gasteiger partial charge in [0.1, 0.15) is 0 Å². The van der Waals surface area contributed by atoms with Crippen molar-refractivity contribution in [3.8, 4) is 0 Å². The molecule has 0 aromatic heterocycles. The molecule has 4 saturated carbocycles. The molecule has 0 radical (unpaired) electrons. The van der Waals surface area contributed by atoms with E-state index in [2.05, 4.69) is 13.8 Å². The maximum Gasteiger partial charge on any atom is -0.0193 e. The minimum Gasteiger partial charge on any atom is -0.0651 e. The van der Waals surface area contributed by atoms with E-state index in [1.165, 1.54) is 42.4 Å². The zero-order valence-electron chi connectivity index (χ0n) is 8.09. The Kier molecular flexibility index (Phi) is 0.811. The topological polar surface area (TPSA) is 0 Å². The first-order chi connectivity index (χ1) is 5.86. The fourth-order valence-electron chi connectivity index (χ4n) is 5.82. The zero-order chi connectivity index (χ0) is 8.09. The van der Waals surface area contributed by atoms with Crippen LogP contribution in [-0.4, -0.2) is 0 Å². The van der Waals surface area contributed by atoms with E-state index in [9.17, 15) is 0 Å². The van der Waals surface area contributed by atoms with Crippen LogP contribution >= 0.6 is 0 Å². The van der Waals surface area contributed by atoms with Gasteiger partial charge in [-0.3, -0.25) is 0 Å². The van der Waals surface area contributed by atoms with Crippen molar-refractivity contribution >= 4 is 0 Å². The fraction of sp³-hybridized carbons (Fsp3) is 1.00. The molecule has 7 unspecified atom stereocenters. The molecule has 12 heavy (non-hydrogen) atoms. The van der Waals surface area contributed by atoms with E-state index < -0.39 is 0 Å². The van der Waals surface area contributed by atoms with Crippen LogP contribution in [0.3, 0.4) is 0 Å². The van der Waals surface area contributed by atoms with E-state index in [1.807, 2.05) is 0 Å². The lowest BCUT2D eigenvalue weighted by molar-refractivity contribution is -0.108. The van der Waals surface area contributed by atoms with Crippen LogP contribution in [0.15, 0.2) is 0 Å². The summed E-state index contributed by atoms with van der Waals surface area (Å²) < 4.78 is 0. The lowest BCUT2D eigenvalue weighted by Crippen LogP contribution is -2.53. The summed E-state index contributed by atoms with van der Waals surface area (Å²) >= 11 is 0. The Balaban J connectivity index is 1.65. The minimum absolute atomic E-state index is 1.01. The van der Waals surface area contributed by atoms with E-state index in [1.54, 1.807) is 6.42 Å². The highest BCUT2D eigenvalue weighted by atomic mass is 15.0. The monoisotopic (exact) mass is 162 g/mol. The summed E-state index contributed by atoms with van der Waals surface area (Å²) in [4.78, 5) is 0. The molecule has 7 atom stereocenters. The van der Waals surface area contributed by atoms with Crippen molar-refractivity contribution in [3.05, 3.63) is 0 Å². The summed E-state index contributed by atoms with van der Waals surface area (Å²) in [5, 5.41) is 0. The van der Waals surface area contributed by atoms with Gasteiger partial charge < -0.3 is 0 Å². The number of hydrogen-bond donors (Lipinski definition) is 0. The van der Waals surface area contributed by atoms with Gasteiger partial charge >= 0.3 is 0 Å². The number of rotatable bonds is 2. The van der Waals surface area contributed by atoms with Crippen LogP contribution in [0.4, 0.5) is 0 Å². The summed E-state index contributed by atoms with van der Waals surface area (Å²) in [6.45, 7) is 4.80. The van der Waals surface area contributed by atoms with E-state index in [-0.39, 0.29) is 0 Å². The molecule has 0 aromatic rings. The molecular formula is C12H18. The van der Waals surface area contributed by atoms with Crippen LogP contribution < -0.4 is 0 Å². The third-order valence-corrected chi connectivity index (χ3v) is 6.04. The second-order valence-electron chi connectivity index (χ2n) is 5.71. The van der Waals surface area contributed by atoms with Crippen molar-refractivity contribution in [1.29, 1.82) is 0 Å². The molecule has 4 rings (SSSR count). The Bertz CT molecular complexity index is 257. The van der Waals surface area contributed by atoms with Gasteiger partial charge in [-0.05, 0) is 47.3 Å². The van der Waals surface area contributed by atoms with Crippen molar-refractivity contribution in [1.82, 2.24) is 0 Å². The lowest BCUT2D eigenvalue weighted by atomic mass is 9.46. The smallest absolute Gasteiger partial charge is 0.0193 e. The van der Waals surface area contributed by atoms with Gasteiger partial charge in [-0.25, -0.2) is 0 Å². The van der Waals surface area contributed by atoms with Crippen LogP contribution in [0, 0.1) is 40.9 Å². The van der Waals surface area contributed by atoms with Crippen LogP contribution in [0.2, 0.25) is 0 Å². The highest BCUT2D eigenvalue weighted by Gasteiger charge is 2.94. The molecule has 0 bridgehead atoms. The van der Waals surface area contributed by atoms with Gasteiger partial charge in [0.15, 0.2) is 0 Å². The standard InChI is InChI=1S/C12H18/c1-3-6-5-12-9(6)8-7(4-2)10(12)11(8)12/h6-11H,3-5H2,1-2H3. The quantitative estimate of drug-likeness (QED) is 0.585. The minimum atomic E-state index is 1.01. The first kappa shape index (κ1) is 6.45. The molecule has 66 valence electrons. The first-order valence-electron chi connectivity index (χ1n) is 5.86. The van der Waals surface area contributed by atoms with E-state index in [4.69, 9.17) is 0 Å². The van der Waals surface area contributed by atoms with Crippen molar-refractivity contribution in [2.45, 2.75) is 33.1 Å². The summed E-state index contributed by atoms with van der Waals surface area (Å²) in [5.74, 6) is 7.35. The van der Waals surface area contributed by atoms with Gasteiger partial charge in [0.25, 0.3) is 0 Å². The highest BCUT2D eigenvalue weighted by Crippen LogP contribution is 2.99. The molecule has 1 spiro atoms. The molecule has 0 N–H and O–H groups in total. The van der Waals surface area contributed by atoms with E-state index in [0.717, 1.165) is 11.3 Å². The Hall–Kier alpha value is 0. The van der Waals surface area contributed by atoms with Gasteiger partial charge in [0.2, 0.25) is 0 Å². The Morgan fingerprint density at radius 3 is 2.58 bits per heavy atom. The van der Waals surface area contributed by atoms with Crippen LogP contribution in [0.25, 0.3) is 0 Å². The van der Waals surface area contributed by atoms with Gasteiger partial charge in [0.05, 0.1) is 0 Å². The third kappa shape index (κ3) is 0.337. The van der Waals surface area contributed by atoms with E-state index in [0.29, 0.717) is 0 Å². The molecular weight excluding hydrogens is 144 g/mol. The van der Waals surface area contributed by atoms with Crippen LogP contribution in [0.1, 0.15) is 33.1 Å². The number of hydrogen-bond acceptors (Lipinski definition) is 0. The maximum atomic E-state index is 2.41. The average molecular weight is 162 g/mol. The molecule has 0 saturated heterocycles. The van der Waals surface area contributed by atoms with Crippen LogP contribution in [0.5, 0.6) is 0 Å².